The van der Waals surface area contributed by atoms with Gasteiger partial charge in [-0.2, -0.15) is 4.39 Å². The first kappa shape index (κ1) is 21.1. The van der Waals surface area contributed by atoms with Gasteiger partial charge < -0.3 is 9.47 Å². The number of methoxy groups -OCH3 is 1. The number of benzene rings is 1. The van der Waals surface area contributed by atoms with Crippen LogP contribution in [0, 0.1) is 11.8 Å². The largest absolute Gasteiger partial charge is 0.497 e. The second kappa shape index (κ2) is 9.70. The predicted molar refractivity (Wildman–Crippen MR) is 102 cm³/mol. The van der Waals surface area contributed by atoms with Gasteiger partial charge >= 0.3 is 0 Å². The van der Waals surface area contributed by atoms with Gasteiger partial charge in [0.25, 0.3) is 5.91 Å². The molecule has 2 aromatic heterocycles. The van der Waals surface area contributed by atoms with Crippen molar-refractivity contribution in [3.63, 3.8) is 0 Å². The third kappa shape index (κ3) is 5.03. The minimum Gasteiger partial charge on any atom is -0.497 e. The van der Waals surface area contributed by atoms with Crippen LogP contribution in [0.5, 0.6) is 11.6 Å². The van der Waals surface area contributed by atoms with Crippen molar-refractivity contribution < 1.29 is 27.9 Å². The van der Waals surface area contributed by atoms with Crippen LogP contribution >= 0.6 is 0 Å². The van der Waals surface area contributed by atoms with Crippen LogP contribution in [0.2, 0.25) is 0 Å². The molecule has 0 saturated heterocycles. The Labute approximate surface area is 170 Å². The summed E-state index contributed by atoms with van der Waals surface area (Å²) in [5.41, 5.74) is 2.28. The molecule has 8 nitrogen and oxygen atoms in total. The molecule has 3 rings (SSSR count). The smallest absolute Gasteiger partial charge is 0.295 e. The van der Waals surface area contributed by atoms with Crippen LogP contribution in [0.15, 0.2) is 42.7 Å². The third-order valence-electron chi connectivity index (χ3n) is 3.91. The molecule has 0 fully saturated rings. The lowest BCUT2D eigenvalue weighted by atomic mass is 10.2. The molecule has 0 radical (unpaired) electrons. The van der Waals surface area contributed by atoms with E-state index in [0.29, 0.717) is 23.8 Å². The summed E-state index contributed by atoms with van der Waals surface area (Å²) < 4.78 is 38.1. The normalized spacial score (nSPS) is 10.5. The molecule has 0 spiro atoms. The Bertz CT molecular complexity index is 1030. The number of hydrogen-bond acceptors (Lipinski definition) is 7. The Morgan fingerprint density at radius 1 is 1.13 bits per heavy atom. The zero-order valence-electron chi connectivity index (χ0n) is 16.2. The van der Waals surface area contributed by atoms with Crippen molar-refractivity contribution in [1.82, 2.24) is 20.4 Å². The van der Waals surface area contributed by atoms with Crippen LogP contribution in [-0.4, -0.2) is 34.6 Å². The van der Waals surface area contributed by atoms with Crippen molar-refractivity contribution >= 4 is 5.91 Å². The molecule has 0 aliphatic heterocycles. The van der Waals surface area contributed by atoms with Crippen molar-refractivity contribution in [1.29, 1.82) is 0 Å². The Hall–Kier alpha value is -3.66. The van der Waals surface area contributed by atoms with E-state index < -0.39 is 17.7 Å². The fraction of sp³-hybridized carbons (Fsp3) is 0.200. The number of amides is 1. The van der Waals surface area contributed by atoms with Gasteiger partial charge in [-0.1, -0.05) is 0 Å². The highest BCUT2D eigenvalue weighted by atomic mass is 19.1. The maximum atomic E-state index is 14.1. The van der Waals surface area contributed by atoms with Crippen molar-refractivity contribution in [2.45, 2.75) is 13.5 Å². The van der Waals surface area contributed by atoms with Gasteiger partial charge in [-0.05, 0) is 31.2 Å². The van der Waals surface area contributed by atoms with E-state index in [-0.39, 0.29) is 23.6 Å². The lowest BCUT2D eigenvalue weighted by Crippen LogP contribution is -2.25. The SMILES string of the molecule is CCOc1ccc(-c2nc(C(=O)NOCc3cc(OC)ccc3F)cnc2F)cn1. The third-order valence-corrected chi connectivity index (χ3v) is 3.91. The van der Waals surface area contributed by atoms with Crippen LogP contribution in [0.4, 0.5) is 8.78 Å². The van der Waals surface area contributed by atoms with Crippen molar-refractivity contribution in [3.05, 3.63) is 65.7 Å². The van der Waals surface area contributed by atoms with Gasteiger partial charge in [0, 0.05) is 23.4 Å². The minimum absolute atomic E-state index is 0.156. The summed E-state index contributed by atoms with van der Waals surface area (Å²) in [6, 6.07) is 7.23. The molecule has 30 heavy (non-hydrogen) atoms. The van der Waals surface area contributed by atoms with Gasteiger partial charge in [0.1, 0.15) is 29.6 Å². The molecule has 1 aromatic carbocycles. The number of hydrogen-bond donors (Lipinski definition) is 1. The van der Waals surface area contributed by atoms with Crippen molar-refractivity contribution in [3.8, 4) is 22.9 Å². The maximum absolute atomic E-state index is 14.1. The molecular formula is C20H18F2N4O4. The van der Waals surface area contributed by atoms with Crippen LogP contribution in [-0.2, 0) is 11.4 Å². The summed E-state index contributed by atoms with van der Waals surface area (Å²) in [5, 5.41) is 0. The molecule has 2 heterocycles. The van der Waals surface area contributed by atoms with Gasteiger partial charge in [-0.3, -0.25) is 9.63 Å². The predicted octanol–water partition coefficient (Wildman–Crippen LogP) is 3.09. The zero-order valence-corrected chi connectivity index (χ0v) is 16.2. The number of nitrogens with zero attached hydrogens (tertiary/aromatic N) is 3. The standard InChI is InChI=1S/C20H18F2N4O4/c1-3-29-17-7-4-12(9-23-17)18-19(22)24-10-16(25-18)20(27)26-30-11-13-8-14(28-2)5-6-15(13)21/h4-10H,3,11H2,1-2H3,(H,26,27). The first-order valence-electron chi connectivity index (χ1n) is 8.88. The molecule has 0 bridgehead atoms. The lowest BCUT2D eigenvalue weighted by Gasteiger charge is -2.09. The second-order valence-electron chi connectivity index (χ2n) is 5.89. The molecule has 0 aliphatic rings. The summed E-state index contributed by atoms with van der Waals surface area (Å²) in [7, 11) is 1.45. The molecule has 0 saturated carbocycles. The van der Waals surface area contributed by atoms with E-state index in [1.807, 2.05) is 6.92 Å². The molecule has 0 atom stereocenters. The van der Waals surface area contributed by atoms with E-state index in [2.05, 4.69) is 20.4 Å². The molecule has 1 amide bonds. The number of carbonyl (C=O) groups is 1. The molecular weight excluding hydrogens is 398 g/mol. The second-order valence-corrected chi connectivity index (χ2v) is 5.89. The quantitative estimate of drug-likeness (QED) is 0.564. The van der Waals surface area contributed by atoms with Crippen LogP contribution in [0.1, 0.15) is 23.0 Å². The van der Waals surface area contributed by atoms with E-state index in [1.165, 1.54) is 31.5 Å². The Kier molecular flexibility index (Phi) is 6.81. The molecule has 10 heteroatoms. The minimum atomic E-state index is -0.864. The Morgan fingerprint density at radius 3 is 2.67 bits per heavy atom. The zero-order chi connectivity index (χ0) is 21.5. The van der Waals surface area contributed by atoms with Crippen molar-refractivity contribution in [2.24, 2.45) is 0 Å². The highest BCUT2D eigenvalue weighted by Crippen LogP contribution is 2.21. The van der Waals surface area contributed by atoms with E-state index in [1.54, 1.807) is 12.1 Å². The number of rotatable bonds is 8. The first-order valence-corrected chi connectivity index (χ1v) is 8.88. The molecule has 0 aliphatic carbocycles. The van der Waals surface area contributed by atoms with Gasteiger partial charge in [-0.25, -0.2) is 24.8 Å². The molecule has 156 valence electrons. The first-order chi connectivity index (χ1) is 14.5. The summed E-state index contributed by atoms with van der Waals surface area (Å²) in [5.74, 6) is -1.33. The fourth-order valence-electron chi connectivity index (χ4n) is 2.44. The maximum Gasteiger partial charge on any atom is 0.295 e. The number of pyridine rings is 1. The van der Waals surface area contributed by atoms with E-state index >= 15 is 0 Å². The number of aromatic nitrogens is 3. The monoisotopic (exact) mass is 416 g/mol. The van der Waals surface area contributed by atoms with Crippen LogP contribution in [0.3, 0.4) is 0 Å². The lowest BCUT2D eigenvalue weighted by molar-refractivity contribution is 0.0219. The molecule has 0 unspecified atom stereocenters. The Morgan fingerprint density at radius 2 is 1.97 bits per heavy atom. The highest BCUT2D eigenvalue weighted by molar-refractivity contribution is 5.91. The van der Waals surface area contributed by atoms with Crippen molar-refractivity contribution in [2.75, 3.05) is 13.7 Å². The number of carbonyl (C=O) groups excluding carboxylic acids is 1. The van der Waals surface area contributed by atoms with Gasteiger partial charge in [0.2, 0.25) is 11.8 Å². The van der Waals surface area contributed by atoms with E-state index in [4.69, 9.17) is 14.3 Å². The summed E-state index contributed by atoms with van der Waals surface area (Å²) in [6.45, 7) is 2.00. The number of nitrogens with one attached hydrogen (secondary N) is 1. The van der Waals surface area contributed by atoms with Gasteiger partial charge in [0.05, 0.1) is 19.9 Å². The highest BCUT2D eigenvalue weighted by Gasteiger charge is 2.15. The summed E-state index contributed by atoms with van der Waals surface area (Å²) in [4.78, 5) is 28.9. The van der Waals surface area contributed by atoms with Gasteiger partial charge in [-0.15, -0.1) is 0 Å². The number of halogens is 2. The van der Waals surface area contributed by atoms with E-state index in [9.17, 15) is 13.6 Å². The molecule has 3 aromatic rings. The number of ether oxygens (including phenoxy) is 2. The van der Waals surface area contributed by atoms with E-state index in [0.717, 1.165) is 6.20 Å². The topological polar surface area (TPSA) is 95.5 Å². The van der Waals surface area contributed by atoms with Gasteiger partial charge in [0.15, 0.2) is 0 Å². The average molecular weight is 416 g/mol. The average Bonchev–Trinajstić information content (AvgIpc) is 2.76. The Balaban J connectivity index is 1.68. The number of hydroxylamine groups is 1. The summed E-state index contributed by atoms with van der Waals surface area (Å²) in [6.07, 6.45) is 2.33. The van der Waals surface area contributed by atoms with Crippen LogP contribution in [0.25, 0.3) is 11.3 Å². The fourth-order valence-corrected chi connectivity index (χ4v) is 2.44. The molecule has 1 N–H and O–H groups in total. The van der Waals surface area contributed by atoms with Crippen LogP contribution < -0.4 is 15.0 Å². The summed E-state index contributed by atoms with van der Waals surface area (Å²) >= 11 is 0.